The summed E-state index contributed by atoms with van der Waals surface area (Å²) < 4.78 is 7.03. The van der Waals surface area contributed by atoms with Crippen LogP contribution in [0.25, 0.3) is 11.0 Å². The van der Waals surface area contributed by atoms with E-state index in [1.54, 1.807) is 0 Å². The first kappa shape index (κ1) is 18.2. The molecule has 2 aromatic carbocycles. The topological polar surface area (TPSA) is 44.1 Å². The van der Waals surface area contributed by atoms with Crippen molar-refractivity contribution in [2.75, 3.05) is 7.11 Å². The number of nitrogens with zero attached hydrogens (tertiary/aromatic N) is 2. The van der Waals surface area contributed by atoms with Gasteiger partial charge in [-0.3, -0.25) is 4.79 Å². The highest BCUT2D eigenvalue weighted by Crippen LogP contribution is 2.22. The van der Waals surface area contributed by atoms with E-state index in [1.165, 1.54) is 23.8 Å². The van der Waals surface area contributed by atoms with Crippen molar-refractivity contribution in [1.82, 2.24) is 9.55 Å². The first-order valence-corrected chi connectivity index (χ1v) is 9.21. The number of imidazole rings is 1. The Morgan fingerprint density at radius 3 is 2.50 bits per heavy atom. The number of aromatic nitrogens is 2. The summed E-state index contributed by atoms with van der Waals surface area (Å²) in [5.41, 5.74) is 5.91. The van der Waals surface area contributed by atoms with E-state index in [4.69, 9.17) is 9.72 Å². The number of benzene rings is 2. The van der Waals surface area contributed by atoms with Crippen molar-refractivity contribution in [2.45, 2.75) is 46.1 Å². The molecule has 0 saturated carbocycles. The summed E-state index contributed by atoms with van der Waals surface area (Å²) in [5.74, 6) is 0.977. The van der Waals surface area contributed by atoms with E-state index in [0.717, 1.165) is 36.3 Å². The van der Waals surface area contributed by atoms with Crippen LogP contribution in [0.4, 0.5) is 0 Å². The standard InChI is InChI=1S/C22H26N2O2/c1-4-6-20-23-22-16(2)7-5-8-19(22)24(20)15-18-11-9-17(10-12-18)13-14-21(25)26-3/h5,7-12H,4,6,13-15H2,1-3H3. The van der Waals surface area contributed by atoms with Crippen LogP contribution < -0.4 is 0 Å². The molecule has 26 heavy (non-hydrogen) atoms. The van der Waals surface area contributed by atoms with Crippen molar-refractivity contribution in [1.29, 1.82) is 0 Å². The molecule has 4 nitrogen and oxygen atoms in total. The van der Waals surface area contributed by atoms with E-state index in [-0.39, 0.29) is 5.97 Å². The molecule has 1 heterocycles. The van der Waals surface area contributed by atoms with E-state index in [0.29, 0.717) is 12.8 Å². The number of carbonyl (C=O) groups excluding carboxylic acids is 1. The molecule has 4 heteroatoms. The van der Waals surface area contributed by atoms with Gasteiger partial charge in [-0.1, -0.05) is 43.3 Å². The zero-order valence-corrected chi connectivity index (χ0v) is 15.8. The maximum absolute atomic E-state index is 11.3. The van der Waals surface area contributed by atoms with Crippen molar-refractivity contribution in [3.63, 3.8) is 0 Å². The Balaban J connectivity index is 1.83. The lowest BCUT2D eigenvalue weighted by atomic mass is 10.1. The number of fused-ring (bicyclic) bond motifs is 1. The Hall–Kier alpha value is -2.62. The number of aryl methyl sites for hydroxylation is 3. The zero-order valence-electron chi connectivity index (χ0n) is 15.8. The molecule has 0 saturated heterocycles. The van der Waals surface area contributed by atoms with Gasteiger partial charge >= 0.3 is 5.97 Å². The Kier molecular flexibility index (Phi) is 5.71. The third-order valence-corrected chi connectivity index (χ3v) is 4.74. The molecule has 0 aliphatic carbocycles. The number of rotatable bonds is 7. The Morgan fingerprint density at radius 1 is 1.08 bits per heavy atom. The predicted molar refractivity (Wildman–Crippen MR) is 104 cm³/mol. The third-order valence-electron chi connectivity index (χ3n) is 4.74. The minimum atomic E-state index is -0.168. The van der Waals surface area contributed by atoms with Crippen LogP contribution in [0.5, 0.6) is 0 Å². The lowest BCUT2D eigenvalue weighted by molar-refractivity contribution is -0.140. The smallest absolute Gasteiger partial charge is 0.305 e. The van der Waals surface area contributed by atoms with Gasteiger partial charge in [-0.05, 0) is 42.5 Å². The molecule has 0 N–H and O–H groups in total. The number of esters is 1. The van der Waals surface area contributed by atoms with Gasteiger partial charge in [0.2, 0.25) is 0 Å². The van der Waals surface area contributed by atoms with Gasteiger partial charge in [-0.25, -0.2) is 4.98 Å². The van der Waals surface area contributed by atoms with E-state index >= 15 is 0 Å². The van der Waals surface area contributed by atoms with Gasteiger partial charge in [0, 0.05) is 19.4 Å². The van der Waals surface area contributed by atoms with Crippen molar-refractivity contribution in [3.8, 4) is 0 Å². The molecule has 0 spiro atoms. The zero-order chi connectivity index (χ0) is 18.5. The number of hydrogen-bond donors (Lipinski definition) is 0. The van der Waals surface area contributed by atoms with Crippen molar-refractivity contribution < 1.29 is 9.53 Å². The van der Waals surface area contributed by atoms with Crippen molar-refractivity contribution in [3.05, 3.63) is 65.0 Å². The molecule has 1 aromatic heterocycles. The van der Waals surface area contributed by atoms with Crippen molar-refractivity contribution in [2.24, 2.45) is 0 Å². The lowest BCUT2D eigenvalue weighted by Gasteiger charge is -2.10. The maximum atomic E-state index is 11.3. The van der Waals surface area contributed by atoms with Gasteiger partial charge in [-0.2, -0.15) is 0 Å². The largest absolute Gasteiger partial charge is 0.469 e. The fraction of sp³-hybridized carbons (Fsp3) is 0.364. The number of methoxy groups -OCH3 is 1. The summed E-state index contributed by atoms with van der Waals surface area (Å²) in [7, 11) is 1.43. The third kappa shape index (κ3) is 3.96. The van der Waals surface area contributed by atoms with Gasteiger partial charge in [0.25, 0.3) is 0 Å². The summed E-state index contributed by atoms with van der Waals surface area (Å²) in [6, 6.07) is 14.9. The molecule has 3 rings (SSSR count). The molecular weight excluding hydrogens is 324 g/mol. The van der Waals surface area contributed by atoms with E-state index in [9.17, 15) is 4.79 Å². The van der Waals surface area contributed by atoms with Crippen LogP contribution in [0.15, 0.2) is 42.5 Å². The average molecular weight is 350 g/mol. The predicted octanol–water partition coefficient (Wildman–Crippen LogP) is 4.45. The van der Waals surface area contributed by atoms with Gasteiger partial charge < -0.3 is 9.30 Å². The van der Waals surface area contributed by atoms with Gasteiger partial charge in [0.15, 0.2) is 0 Å². The molecule has 0 aliphatic heterocycles. The second-order valence-electron chi connectivity index (χ2n) is 6.70. The van der Waals surface area contributed by atoms with Crippen molar-refractivity contribution >= 4 is 17.0 Å². The molecule has 0 unspecified atom stereocenters. The highest BCUT2D eigenvalue weighted by Gasteiger charge is 2.12. The minimum Gasteiger partial charge on any atom is -0.469 e. The Bertz CT molecular complexity index is 894. The highest BCUT2D eigenvalue weighted by atomic mass is 16.5. The average Bonchev–Trinajstić information content (AvgIpc) is 3.00. The number of para-hydroxylation sites is 1. The fourth-order valence-corrected chi connectivity index (χ4v) is 3.27. The number of carbonyl (C=O) groups is 1. The number of hydrogen-bond acceptors (Lipinski definition) is 3. The normalized spacial score (nSPS) is 11.0. The lowest BCUT2D eigenvalue weighted by Crippen LogP contribution is -2.05. The Labute approximate surface area is 154 Å². The second-order valence-corrected chi connectivity index (χ2v) is 6.70. The van der Waals surface area contributed by atoms with Gasteiger partial charge in [0.1, 0.15) is 5.82 Å². The molecule has 0 fully saturated rings. The molecule has 0 atom stereocenters. The summed E-state index contributed by atoms with van der Waals surface area (Å²) in [6.45, 7) is 5.12. The van der Waals surface area contributed by atoms with Crippen LogP contribution in [0.3, 0.4) is 0 Å². The highest BCUT2D eigenvalue weighted by molar-refractivity contribution is 5.79. The quantitative estimate of drug-likeness (QED) is 0.591. The summed E-state index contributed by atoms with van der Waals surface area (Å²) >= 11 is 0. The molecular formula is C22H26N2O2. The monoisotopic (exact) mass is 350 g/mol. The summed E-state index contributed by atoms with van der Waals surface area (Å²) in [6.07, 6.45) is 3.18. The molecule has 0 aliphatic rings. The second kappa shape index (κ2) is 8.17. The van der Waals surface area contributed by atoms with Crippen LogP contribution in [0.2, 0.25) is 0 Å². The first-order valence-electron chi connectivity index (χ1n) is 9.21. The van der Waals surface area contributed by atoms with Gasteiger partial charge in [0.05, 0.1) is 18.1 Å². The van der Waals surface area contributed by atoms with E-state index in [1.807, 2.05) is 0 Å². The van der Waals surface area contributed by atoms with Crippen LogP contribution in [-0.2, 0) is 28.9 Å². The molecule has 136 valence electrons. The summed E-state index contributed by atoms with van der Waals surface area (Å²) in [5, 5.41) is 0. The molecule has 0 bridgehead atoms. The fourth-order valence-electron chi connectivity index (χ4n) is 3.27. The van der Waals surface area contributed by atoms with Crippen LogP contribution >= 0.6 is 0 Å². The SMILES string of the molecule is CCCc1nc2c(C)cccc2n1Cc1ccc(CCC(=O)OC)cc1. The van der Waals surface area contributed by atoms with Gasteiger partial charge in [-0.15, -0.1) is 0 Å². The van der Waals surface area contributed by atoms with Crippen LogP contribution in [0, 0.1) is 6.92 Å². The van der Waals surface area contributed by atoms with Crippen LogP contribution in [0.1, 0.15) is 42.3 Å². The first-order chi connectivity index (χ1) is 12.6. The maximum Gasteiger partial charge on any atom is 0.305 e. The van der Waals surface area contributed by atoms with E-state index < -0.39 is 0 Å². The molecule has 0 amide bonds. The molecule has 0 radical (unpaired) electrons. The number of ether oxygens (including phenoxy) is 1. The van der Waals surface area contributed by atoms with Crippen LogP contribution in [-0.4, -0.2) is 22.6 Å². The van der Waals surface area contributed by atoms with E-state index in [2.05, 4.69) is 60.9 Å². The molecule has 3 aromatic rings. The minimum absolute atomic E-state index is 0.168. The Morgan fingerprint density at radius 2 is 1.81 bits per heavy atom. The summed E-state index contributed by atoms with van der Waals surface area (Å²) in [4.78, 5) is 16.2.